The van der Waals surface area contributed by atoms with E-state index in [1.165, 1.54) is 38.5 Å². The summed E-state index contributed by atoms with van der Waals surface area (Å²) in [5.74, 6) is 5.06. The first-order valence-electron chi connectivity index (χ1n) is 26.3. The molecule has 0 saturated heterocycles. The van der Waals surface area contributed by atoms with Gasteiger partial charge in [-0.3, -0.25) is 0 Å². The minimum absolute atomic E-state index is 0.557. The lowest BCUT2D eigenvalue weighted by Crippen LogP contribution is -2.38. The van der Waals surface area contributed by atoms with Crippen molar-refractivity contribution in [3.05, 3.63) is 117 Å². The highest BCUT2D eigenvalue weighted by Gasteiger charge is 2.22. The van der Waals surface area contributed by atoms with Crippen LogP contribution in [0.4, 0.5) is 0 Å². The molecule has 4 N–H and O–H groups in total. The summed E-state index contributed by atoms with van der Waals surface area (Å²) in [5, 5.41) is 15.2. The molecule has 1 aliphatic carbocycles. The maximum atomic E-state index is 6.88. The molecule has 0 heterocycles. The second kappa shape index (κ2) is 30.8. The molecule has 0 aromatic heterocycles. The van der Waals surface area contributed by atoms with Crippen LogP contribution in [0.15, 0.2) is 72.8 Å². The van der Waals surface area contributed by atoms with Gasteiger partial charge in [0.2, 0.25) is 0 Å². The Morgan fingerprint density at radius 2 is 0.706 bits per heavy atom. The molecule has 8 nitrogen and oxygen atoms in total. The number of thiocarbonyl (C=S) groups is 2. The van der Waals surface area contributed by atoms with Crippen molar-refractivity contribution in [1.82, 2.24) is 21.3 Å². The fourth-order valence-corrected chi connectivity index (χ4v) is 9.39. The van der Waals surface area contributed by atoms with Crippen LogP contribution in [-0.2, 0) is 25.7 Å². The average Bonchev–Trinajstić information content (AvgIpc) is 3.34. The van der Waals surface area contributed by atoms with Crippen molar-refractivity contribution in [3.8, 4) is 23.0 Å². The van der Waals surface area contributed by atoms with Gasteiger partial charge in [-0.05, 0) is 119 Å². The largest absolute Gasteiger partial charge is 0.493 e. The van der Waals surface area contributed by atoms with Gasteiger partial charge in [-0.15, -0.1) is 0 Å². The van der Waals surface area contributed by atoms with Crippen molar-refractivity contribution >= 4 is 34.7 Å². The van der Waals surface area contributed by atoms with E-state index in [0.717, 1.165) is 142 Å². The quantitative estimate of drug-likeness (QED) is 0.0287. The Morgan fingerprint density at radius 1 is 0.412 bits per heavy atom. The number of hydrogen-bond acceptors (Lipinski definition) is 6. The summed E-state index contributed by atoms with van der Waals surface area (Å²) < 4.78 is 27.2. The predicted octanol–water partition coefficient (Wildman–Crippen LogP) is 12.8. The number of para-hydroxylation sites is 4. The number of fused-ring (bicyclic) bond motifs is 8. The van der Waals surface area contributed by atoms with Gasteiger partial charge in [0, 0.05) is 51.9 Å². The summed E-state index contributed by atoms with van der Waals surface area (Å²) in [5.41, 5.74) is 9.13. The molecule has 0 radical (unpaired) electrons. The Bertz CT molecular complexity index is 1890. The summed E-state index contributed by atoms with van der Waals surface area (Å²) in [6, 6.07) is 26.4. The molecule has 8 bridgehead atoms. The van der Waals surface area contributed by atoms with Crippen molar-refractivity contribution in [2.45, 2.75) is 144 Å². The average molecular weight is 965 g/mol. The molecule has 5 rings (SSSR count). The molecule has 2 unspecified atom stereocenters. The van der Waals surface area contributed by atoms with Crippen molar-refractivity contribution in [2.75, 3.05) is 52.6 Å². The SMILES string of the molecule is CCCCC(CC)CNC(=S)NCCCOc1c2cccc1Cc1cccc(c1OCCC)Cc1cccc(c1OCCCNC(=S)NCC(CC)CCCC)Cc1cccc(c1OCCC)C2. The maximum absolute atomic E-state index is 6.88. The summed E-state index contributed by atoms with van der Waals surface area (Å²) in [6.07, 6.45) is 15.9. The van der Waals surface area contributed by atoms with Gasteiger partial charge in [-0.1, -0.05) is 153 Å². The molecule has 68 heavy (non-hydrogen) atoms. The van der Waals surface area contributed by atoms with Crippen LogP contribution in [0.2, 0.25) is 0 Å². The van der Waals surface area contributed by atoms with Gasteiger partial charge in [0.1, 0.15) is 23.0 Å². The van der Waals surface area contributed by atoms with E-state index in [9.17, 15) is 0 Å². The molecule has 4 aromatic rings. The van der Waals surface area contributed by atoms with Crippen LogP contribution in [0, 0.1) is 11.8 Å². The predicted molar refractivity (Wildman–Crippen MR) is 293 cm³/mol. The summed E-state index contributed by atoms with van der Waals surface area (Å²) >= 11 is 11.4. The second-order valence-electron chi connectivity index (χ2n) is 18.5. The standard InChI is InChI=1S/C58H84N4O4S2/c1-7-13-21-43(11-5)41-61-57(67)59-31-19-35-65-55-49-27-17-28-50(55)38-46-24-16-26-48(54(46)64-34-10-4)40-52-30-18-29-51(39-47-25-15-23-45(37-49)53(47)63-33-9-3)56(52)66-36-20-32-60-58(68)62-42-44(12-6)22-14-8-2/h15-18,23-30,43-44H,7-14,19-22,31-42H2,1-6H3,(H2,59,61,67)(H2,60,62,68). The topological polar surface area (TPSA) is 85.0 Å². The molecule has 4 aromatic carbocycles. The van der Waals surface area contributed by atoms with Gasteiger partial charge in [0.15, 0.2) is 10.2 Å². The number of nitrogens with one attached hydrogen (secondary N) is 4. The zero-order valence-corrected chi connectivity index (χ0v) is 44.1. The van der Waals surface area contributed by atoms with Crippen molar-refractivity contribution in [3.63, 3.8) is 0 Å². The minimum atomic E-state index is 0.557. The van der Waals surface area contributed by atoms with Crippen LogP contribution in [0.1, 0.15) is 163 Å². The zero-order valence-electron chi connectivity index (χ0n) is 42.5. The third kappa shape index (κ3) is 17.5. The smallest absolute Gasteiger partial charge is 0.166 e. The first kappa shape index (κ1) is 54.4. The molecule has 0 fully saturated rings. The zero-order chi connectivity index (χ0) is 48.4. The van der Waals surface area contributed by atoms with Gasteiger partial charge >= 0.3 is 0 Å². The molecule has 2 atom stereocenters. The van der Waals surface area contributed by atoms with E-state index in [0.29, 0.717) is 63.9 Å². The van der Waals surface area contributed by atoms with E-state index in [1.54, 1.807) is 0 Å². The van der Waals surface area contributed by atoms with Crippen LogP contribution >= 0.6 is 24.4 Å². The molecule has 1 aliphatic rings. The Morgan fingerprint density at radius 3 is 0.971 bits per heavy atom. The van der Waals surface area contributed by atoms with Gasteiger partial charge in [-0.2, -0.15) is 0 Å². The Kier molecular flexibility index (Phi) is 24.7. The Hall–Kier alpha value is -4.54. The van der Waals surface area contributed by atoms with E-state index in [4.69, 9.17) is 43.4 Å². The van der Waals surface area contributed by atoms with Crippen molar-refractivity contribution in [1.29, 1.82) is 0 Å². The van der Waals surface area contributed by atoms with Gasteiger partial charge in [0.25, 0.3) is 0 Å². The van der Waals surface area contributed by atoms with Crippen LogP contribution < -0.4 is 40.2 Å². The summed E-state index contributed by atoms with van der Waals surface area (Å²) in [7, 11) is 0. The number of ether oxygens (including phenoxy) is 4. The molecule has 0 amide bonds. The molecule has 0 aliphatic heterocycles. The normalized spacial score (nSPS) is 12.9. The summed E-state index contributed by atoms with van der Waals surface area (Å²) in [6.45, 7) is 19.1. The number of hydrogen-bond donors (Lipinski definition) is 4. The molecular weight excluding hydrogens is 881 g/mol. The number of benzene rings is 4. The third-order valence-electron chi connectivity index (χ3n) is 13.0. The fraction of sp³-hybridized carbons (Fsp3) is 0.552. The lowest BCUT2D eigenvalue weighted by molar-refractivity contribution is 0.301. The second-order valence-corrected chi connectivity index (χ2v) is 19.4. The highest BCUT2D eigenvalue weighted by molar-refractivity contribution is 7.80. The van der Waals surface area contributed by atoms with Crippen LogP contribution in [0.5, 0.6) is 23.0 Å². The third-order valence-corrected chi connectivity index (χ3v) is 13.6. The molecule has 10 heteroatoms. The van der Waals surface area contributed by atoms with E-state index < -0.39 is 0 Å². The summed E-state index contributed by atoms with van der Waals surface area (Å²) in [4.78, 5) is 0. The number of rotatable bonds is 28. The fourth-order valence-electron chi connectivity index (χ4n) is 9.02. The van der Waals surface area contributed by atoms with Crippen molar-refractivity contribution in [2.24, 2.45) is 11.8 Å². The molecule has 0 saturated carbocycles. The van der Waals surface area contributed by atoms with Crippen LogP contribution in [0.3, 0.4) is 0 Å². The first-order valence-corrected chi connectivity index (χ1v) is 27.1. The number of unbranched alkanes of at least 4 members (excludes halogenated alkanes) is 2. The van der Waals surface area contributed by atoms with Gasteiger partial charge < -0.3 is 40.2 Å². The van der Waals surface area contributed by atoms with Gasteiger partial charge in [-0.25, -0.2) is 0 Å². The van der Waals surface area contributed by atoms with E-state index in [2.05, 4.69) is 136 Å². The molecular formula is C58H84N4O4S2. The van der Waals surface area contributed by atoms with Crippen LogP contribution in [-0.4, -0.2) is 62.8 Å². The van der Waals surface area contributed by atoms with Crippen molar-refractivity contribution < 1.29 is 18.9 Å². The first-order chi connectivity index (χ1) is 33.3. The van der Waals surface area contributed by atoms with E-state index in [1.807, 2.05) is 0 Å². The molecule has 0 spiro atoms. The Labute approximate surface area is 421 Å². The highest BCUT2D eigenvalue weighted by Crippen LogP contribution is 2.39. The van der Waals surface area contributed by atoms with E-state index >= 15 is 0 Å². The van der Waals surface area contributed by atoms with Gasteiger partial charge in [0.05, 0.1) is 26.4 Å². The Balaban J connectivity index is 1.42. The lowest BCUT2D eigenvalue weighted by atomic mass is 9.91. The maximum Gasteiger partial charge on any atom is 0.166 e. The monoisotopic (exact) mass is 965 g/mol. The van der Waals surface area contributed by atoms with Crippen LogP contribution in [0.25, 0.3) is 0 Å². The lowest BCUT2D eigenvalue weighted by Gasteiger charge is -2.23. The van der Waals surface area contributed by atoms with E-state index in [-0.39, 0.29) is 0 Å². The molecule has 372 valence electrons. The minimum Gasteiger partial charge on any atom is -0.493 e. The highest BCUT2D eigenvalue weighted by atomic mass is 32.1.